The van der Waals surface area contributed by atoms with Gasteiger partial charge in [-0.05, 0) is 55.9 Å². The number of allylic oxidation sites excluding steroid dienone is 2. The molecule has 6 rings (SSSR count). The van der Waals surface area contributed by atoms with Gasteiger partial charge in [0.05, 0.1) is 43.7 Å². The summed E-state index contributed by atoms with van der Waals surface area (Å²) in [4.78, 5) is 14.3. The van der Waals surface area contributed by atoms with Crippen molar-refractivity contribution in [3.63, 3.8) is 0 Å². The number of hydrogen-bond acceptors (Lipinski definition) is 13. The van der Waals surface area contributed by atoms with Gasteiger partial charge < -0.3 is 58.6 Å². The molecule has 3 fully saturated rings. The van der Waals surface area contributed by atoms with Crippen LogP contribution in [0.15, 0.2) is 59.3 Å². The van der Waals surface area contributed by atoms with E-state index in [2.05, 4.69) is 39.8 Å². The van der Waals surface area contributed by atoms with Crippen LogP contribution in [-0.2, 0) is 47.4 Å². The molecular formula is C44H67NO12. The lowest BCUT2D eigenvalue weighted by atomic mass is 9.71. The van der Waals surface area contributed by atoms with Gasteiger partial charge in [0, 0.05) is 44.8 Å². The molecule has 0 radical (unpaired) electrons. The maximum absolute atomic E-state index is 14.3. The second-order valence-electron chi connectivity index (χ2n) is 17.0. The van der Waals surface area contributed by atoms with E-state index in [0.717, 1.165) is 12.0 Å². The van der Waals surface area contributed by atoms with Gasteiger partial charge in [0.15, 0.2) is 12.1 Å². The minimum atomic E-state index is -1.82. The first-order valence-electron chi connectivity index (χ1n) is 21.0. The fourth-order valence-corrected chi connectivity index (χ4v) is 9.37. The van der Waals surface area contributed by atoms with Gasteiger partial charge >= 0.3 is 5.97 Å². The number of carbonyl (C=O) groups is 1. The Morgan fingerprint density at radius 2 is 1.86 bits per heavy atom. The van der Waals surface area contributed by atoms with E-state index in [9.17, 15) is 15.0 Å². The number of carbonyl (C=O) groups excluding carboxylic acids is 1. The smallest absolute Gasteiger partial charge is 0.316 e. The van der Waals surface area contributed by atoms with Crippen LogP contribution in [0.25, 0.3) is 0 Å². The molecule has 16 atom stereocenters. The number of rotatable bonds is 10. The van der Waals surface area contributed by atoms with E-state index < -0.39 is 54.0 Å². The van der Waals surface area contributed by atoms with Crippen molar-refractivity contribution in [2.45, 2.75) is 153 Å². The minimum absolute atomic E-state index is 0.0453. The van der Waals surface area contributed by atoms with E-state index in [4.69, 9.17) is 48.4 Å². The first kappa shape index (κ1) is 44.3. The van der Waals surface area contributed by atoms with Gasteiger partial charge in [0.1, 0.15) is 42.7 Å². The fraction of sp³-hybridized carbons (Fsp3) is 0.750. The third kappa shape index (κ3) is 9.55. The molecule has 1 spiro atoms. The molecule has 2 bridgehead atoms. The van der Waals surface area contributed by atoms with Crippen LogP contribution in [0.1, 0.15) is 80.6 Å². The van der Waals surface area contributed by atoms with Gasteiger partial charge in [-0.3, -0.25) is 4.79 Å². The number of ether oxygens (including phenoxy) is 9. The normalized spacial score (nSPS) is 43.2. The zero-order valence-corrected chi connectivity index (χ0v) is 35.0. The van der Waals surface area contributed by atoms with Crippen molar-refractivity contribution in [2.75, 3.05) is 33.7 Å². The lowest BCUT2D eigenvalue weighted by Gasteiger charge is -2.48. The van der Waals surface area contributed by atoms with E-state index in [1.54, 1.807) is 26.2 Å². The summed E-state index contributed by atoms with van der Waals surface area (Å²) >= 11 is 0. The van der Waals surface area contributed by atoms with E-state index in [-0.39, 0.29) is 61.7 Å². The SMILES string of the molecule is CCC(C)[C@H]1O[C@]2(C=C[C@@H]1C)C[C@@H]1C[C@@H](CC=C(C)[C@@H](OC3C[C@H](OC)[C@@H](OCOCCN)[C@H](C)O3)C(C)C=CC=C3CO[C@@H]4[C@H](O)C(C)=C[C@@H](C(=O)O1)[C@]34O)O2. The molecule has 3 saturated heterocycles. The zero-order chi connectivity index (χ0) is 41.1. The molecule has 6 aliphatic rings. The summed E-state index contributed by atoms with van der Waals surface area (Å²) < 4.78 is 56.7. The Kier molecular flexibility index (Phi) is 14.7. The van der Waals surface area contributed by atoms with Crippen molar-refractivity contribution in [1.29, 1.82) is 0 Å². The summed E-state index contributed by atoms with van der Waals surface area (Å²) in [5.41, 5.74) is 5.76. The number of aliphatic hydroxyl groups is 2. The third-order valence-corrected chi connectivity index (χ3v) is 12.8. The van der Waals surface area contributed by atoms with Crippen LogP contribution in [0.4, 0.5) is 0 Å². The van der Waals surface area contributed by atoms with Crippen molar-refractivity contribution in [3.8, 4) is 0 Å². The second kappa shape index (κ2) is 19.0. The Hall–Kier alpha value is -2.27. The highest BCUT2D eigenvalue weighted by Gasteiger charge is 2.60. The van der Waals surface area contributed by atoms with Crippen LogP contribution in [0.3, 0.4) is 0 Å². The van der Waals surface area contributed by atoms with Gasteiger partial charge in [0.2, 0.25) is 0 Å². The maximum Gasteiger partial charge on any atom is 0.316 e. The number of hydrogen-bond donors (Lipinski definition) is 3. The number of methoxy groups -OCH3 is 1. The van der Waals surface area contributed by atoms with Gasteiger partial charge in [-0.25, -0.2) is 0 Å². The van der Waals surface area contributed by atoms with Crippen molar-refractivity contribution in [1.82, 2.24) is 0 Å². The summed E-state index contributed by atoms with van der Waals surface area (Å²) in [6.07, 6.45) is 11.1. The highest BCUT2D eigenvalue weighted by atomic mass is 16.7. The van der Waals surface area contributed by atoms with Crippen LogP contribution < -0.4 is 5.73 Å². The van der Waals surface area contributed by atoms with E-state index in [1.165, 1.54) is 0 Å². The zero-order valence-electron chi connectivity index (χ0n) is 35.0. The van der Waals surface area contributed by atoms with Crippen molar-refractivity contribution in [2.24, 2.45) is 29.4 Å². The van der Waals surface area contributed by atoms with Crippen molar-refractivity contribution in [3.05, 3.63) is 59.3 Å². The predicted octanol–water partition coefficient (Wildman–Crippen LogP) is 4.80. The number of esters is 1. The Morgan fingerprint density at radius 1 is 1.07 bits per heavy atom. The minimum Gasteiger partial charge on any atom is -0.462 e. The summed E-state index contributed by atoms with van der Waals surface area (Å²) in [6.45, 7) is 15.2. The molecule has 0 aromatic heterocycles. The summed E-state index contributed by atoms with van der Waals surface area (Å²) in [7, 11) is 1.66. The largest absolute Gasteiger partial charge is 0.462 e. The van der Waals surface area contributed by atoms with Crippen molar-refractivity contribution >= 4 is 5.97 Å². The Labute approximate surface area is 338 Å². The summed E-state index contributed by atoms with van der Waals surface area (Å²) in [5.74, 6) is -2.46. The molecule has 0 aromatic carbocycles. The number of fused-ring (bicyclic) bond motifs is 2. The second-order valence-corrected chi connectivity index (χ2v) is 17.0. The molecule has 13 heteroatoms. The first-order valence-corrected chi connectivity index (χ1v) is 21.0. The lowest BCUT2D eigenvalue weighted by Crippen LogP contribution is -2.58. The van der Waals surface area contributed by atoms with Gasteiger partial charge in [-0.2, -0.15) is 0 Å². The Balaban J connectivity index is 1.33. The van der Waals surface area contributed by atoms with Crippen LogP contribution in [0.2, 0.25) is 0 Å². The van der Waals surface area contributed by atoms with E-state index in [1.807, 2.05) is 32.1 Å². The van der Waals surface area contributed by atoms with Crippen LogP contribution in [0, 0.1) is 23.7 Å². The average molecular weight is 802 g/mol. The van der Waals surface area contributed by atoms with Gasteiger partial charge in [-0.15, -0.1) is 0 Å². The molecule has 5 heterocycles. The van der Waals surface area contributed by atoms with Crippen molar-refractivity contribution < 1.29 is 57.6 Å². The van der Waals surface area contributed by atoms with Crippen LogP contribution in [-0.4, -0.2) is 122 Å². The topological polar surface area (TPSA) is 167 Å². The Bertz CT molecular complexity index is 1540. The molecule has 4 N–H and O–H groups in total. The molecular weight excluding hydrogens is 734 g/mol. The average Bonchev–Trinajstić information content (AvgIpc) is 3.53. The maximum atomic E-state index is 14.3. The molecule has 13 nitrogen and oxygen atoms in total. The third-order valence-electron chi connectivity index (χ3n) is 12.8. The van der Waals surface area contributed by atoms with E-state index in [0.29, 0.717) is 50.0 Å². The quantitative estimate of drug-likeness (QED) is 0.120. The summed E-state index contributed by atoms with van der Waals surface area (Å²) in [5, 5.41) is 23.6. The molecule has 0 amide bonds. The predicted molar refractivity (Wildman–Crippen MR) is 211 cm³/mol. The molecule has 1 aliphatic carbocycles. The number of aliphatic hydroxyl groups excluding tert-OH is 1. The first-order chi connectivity index (χ1) is 27.2. The van der Waals surface area contributed by atoms with Crippen LogP contribution >= 0.6 is 0 Å². The molecule has 3 unspecified atom stereocenters. The highest BCUT2D eigenvalue weighted by molar-refractivity contribution is 5.78. The molecule has 5 aliphatic heterocycles. The van der Waals surface area contributed by atoms with Gasteiger partial charge in [0.25, 0.3) is 0 Å². The van der Waals surface area contributed by atoms with Crippen LogP contribution in [0.5, 0.6) is 0 Å². The molecule has 320 valence electrons. The molecule has 0 saturated carbocycles. The number of nitrogens with two attached hydrogens (primary N) is 1. The van der Waals surface area contributed by atoms with Gasteiger partial charge in [-0.1, -0.05) is 70.6 Å². The molecule has 0 aromatic rings. The standard InChI is InChI=1S/C44H67NO12/c1-9-25(2)39-28(5)15-16-43(57-39)22-33-20-32(56-43)14-13-27(4)38(55-36-21-35(49-8)40(30(7)53-36)52-24-50-18-17-45)26(3)11-10-12-31-23-51-41-37(46)29(6)19-34(42(47)54-33)44(31,41)48/h10-13,15-16,19,25-26,28,30,32-41,46,48H,9,14,17-18,20-24,45H2,1-8H3/t25?,26?,28-,30-,32+,33-,34-,35-,36?,37+,38-,39+,40-,41+,43+,44+/m0/s1. The monoisotopic (exact) mass is 801 g/mol. The van der Waals surface area contributed by atoms with E-state index >= 15 is 0 Å². The molecule has 57 heavy (non-hydrogen) atoms. The highest BCUT2D eigenvalue weighted by Crippen LogP contribution is 2.47. The summed E-state index contributed by atoms with van der Waals surface area (Å²) in [6, 6.07) is 0. The fourth-order valence-electron chi connectivity index (χ4n) is 9.37. The lowest BCUT2D eigenvalue weighted by molar-refractivity contribution is -0.300. The Morgan fingerprint density at radius 3 is 2.60 bits per heavy atom.